The van der Waals surface area contributed by atoms with Gasteiger partial charge in [-0.05, 0) is 87.6 Å². The molecule has 1 aliphatic heterocycles. The molecule has 3 N–H and O–H groups in total. The number of rotatable bonds is 15. The highest BCUT2D eigenvalue weighted by Crippen LogP contribution is 2.23. The van der Waals surface area contributed by atoms with Crippen molar-refractivity contribution < 1.29 is 33.8 Å². The van der Waals surface area contributed by atoms with Crippen LogP contribution in [0.15, 0.2) is 84.9 Å². The number of ether oxygens (including phenoxy) is 2. The lowest BCUT2D eigenvalue weighted by molar-refractivity contribution is -0.140. The third-order valence-electron chi connectivity index (χ3n) is 9.78. The zero-order chi connectivity index (χ0) is 40.1. The molecule has 0 aliphatic carbocycles. The molecular weight excluding hydrogens is 720 g/mol. The number of carbonyl (C=O) groups is 4. The smallest absolute Gasteiger partial charge is 0.410 e. The number of nitrogens with one attached hydrogen (secondary N) is 2. The maximum atomic E-state index is 14.2. The molecular formula is C43H57ClN4O7. The first-order valence-electron chi connectivity index (χ1n) is 19.1. The largest absolute Gasteiger partial charge is 0.445 e. The number of amides is 4. The number of halogens is 1. The Morgan fingerprint density at radius 1 is 0.873 bits per heavy atom. The summed E-state index contributed by atoms with van der Waals surface area (Å²) in [4.78, 5) is 57.3. The SMILES string of the molecule is CC(C)[C@H](NC(=O)C(Cc1cccc(Cl)c1)CC(O)C(Cc1ccccc1)NC(=O)OC(C)(C)C)C(=O)N1CCC(N(C)C(=O)OCc2ccccc2)CC1. The molecule has 11 nitrogen and oxygen atoms in total. The Bertz CT molecular complexity index is 1690. The topological polar surface area (TPSA) is 138 Å². The van der Waals surface area contributed by atoms with Crippen LogP contribution in [0.2, 0.25) is 5.02 Å². The molecule has 1 fully saturated rings. The summed E-state index contributed by atoms with van der Waals surface area (Å²) >= 11 is 6.32. The van der Waals surface area contributed by atoms with Crippen LogP contribution in [-0.2, 0) is 38.5 Å². The fourth-order valence-corrected chi connectivity index (χ4v) is 6.94. The van der Waals surface area contributed by atoms with Crippen LogP contribution in [0, 0.1) is 11.8 Å². The van der Waals surface area contributed by atoms with Crippen molar-refractivity contribution in [3.8, 4) is 0 Å². The van der Waals surface area contributed by atoms with E-state index < -0.39 is 47.8 Å². The Balaban J connectivity index is 1.45. The Kier molecular flexibility index (Phi) is 16.0. The second kappa shape index (κ2) is 20.3. The minimum Gasteiger partial charge on any atom is -0.445 e. The van der Waals surface area contributed by atoms with Crippen LogP contribution >= 0.6 is 11.6 Å². The average Bonchev–Trinajstić information content (AvgIpc) is 3.14. The molecule has 4 amide bonds. The number of nitrogens with zero attached hydrogens (tertiary/aromatic N) is 2. The monoisotopic (exact) mass is 776 g/mol. The van der Waals surface area contributed by atoms with Crippen molar-refractivity contribution in [2.75, 3.05) is 20.1 Å². The van der Waals surface area contributed by atoms with Gasteiger partial charge >= 0.3 is 12.2 Å². The van der Waals surface area contributed by atoms with E-state index in [2.05, 4.69) is 10.6 Å². The normalized spacial score (nSPS) is 15.7. The van der Waals surface area contributed by atoms with Crippen molar-refractivity contribution in [2.45, 2.75) is 103 Å². The van der Waals surface area contributed by atoms with Crippen LogP contribution in [-0.4, -0.2) is 88.9 Å². The number of piperidine rings is 1. The lowest BCUT2D eigenvalue weighted by Gasteiger charge is -2.38. The number of alkyl carbamates (subject to hydrolysis) is 1. The quantitative estimate of drug-likeness (QED) is 0.155. The van der Waals surface area contributed by atoms with E-state index in [1.54, 1.807) is 55.8 Å². The van der Waals surface area contributed by atoms with Gasteiger partial charge in [-0.15, -0.1) is 0 Å². The summed E-state index contributed by atoms with van der Waals surface area (Å²) < 4.78 is 11.0. The molecule has 3 unspecified atom stereocenters. The van der Waals surface area contributed by atoms with Crippen molar-refractivity contribution >= 4 is 35.6 Å². The van der Waals surface area contributed by atoms with Gasteiger partial charge in [0.1, 0.15) is 18.2 Å². The van der Waals surface area contributed by atoms with E-state index in [9.17, 15) is 24.3 Å². The molecule has 1 heterocycles. The Labute approximate surface area is 330 Å². The molecule has 1 saturated heterocycles. The molecule has 298 valence electrons. The van der Waals surface area contributed by atoms with Crippen LogP contribution in [0.3, 0.4) is 0 Å². The molecule has 0 spiro atoms. The van der Waals surface area contributed by atoms with Crippen LogP contribution in [0.25, 0.3) is 0 Å². The van der Waals surface area contributed by atoms with E-state index in [4.69, 9.17) is 21.1 Å². The zero-order valence-electron chi connectivity index (χ0n) is 32.9. The van der Waals surface area contributed by atoms with Gasteiger partial charge in [0, 0.05) is 37.1 Å². The van der Waals surface area contributed by atoms with Gasteiger partial charge in [-0.2, -0.15) is 0 Å². The molecule has 4 atom stereocenters. The van der Waals surface area contributed by atoms with Gasteiger partial charge in [0.2, 0.25) is 11.8 Å². The summed E-state index contributed by atoms with van der Waals surface area (Å²) in [5.74, 6) is -1.60. The maximum Gasteiger partial charge on any atom is 0.410 e. The predicted molar refractivity (Wildman–Crippen MR) is 213 cm³/mol. The highest BCUT2D eigenvalue weighted by molar-refractivity contribution is 6.30. The van der Waals surface area contributed by atoms with Gasteiger partial charge in [-0.3, -0.25) is 9.59 Å². The van der Waals surface area contributed by atoms with Crippen LogP contribution in [0.1, 0.15) is 70.6 Å². The Hall–Kier alpha value is -4.61. The van der Waals surface area contributed by atoms with E-state index in [-0.39, 0.29) is 37.3 Å². The van der Waals surface area contributed by atoms with Crippen LogP contribution in [0.4, 0.5) is 9.59 Å². The number of aliphatic hydroxyl groups excluding tert-OH is 1. The third-order valence-corrected chi connectivity index (χ3v) is 10.0. The van der Waals surface area contributed by atoms with Crippen LogP contribution in [0.5, 0.6) is 0 Å². The first kappa shape index (κ1) is 43.1. The highest BCUT2D eigenvalue weighted by atomic mass is 35.5. The van der Waals surface area contributed by atoms with Gasteiger partial charge < -0.3 is 35.0 Å². The summed E-state index contributed by atoms with van der Waals surface area (Å²) in [6.07, 6.45) is -0.569. The van der Waals surface area contributed by atoms with Crippen molar-refractivity contribution in [3.63, 3.8) is 0 Å². The molecule has 1 aliphatic rings. The number of hydrogen-bond acceptors (Lipinski definition) is 7. The lowest BCUT2D eigenvalue weighted by Crippen LogP contribution is -2.56. The summed E-state index contributed by atoms with van der Waals surface area (Å²) in [5, 5.41) is 18.1. The molecule has 0 radical (unpaired) electrons. The highest BCUT2D eigenvalue weighted by Gasteiger charge is 2.36. The predicted octanol–water partition coefficient (Wildman–Crippen LogP) is 6.79. The number of hydrogen-bond donors (Lipinski definition) is 3. The maximum absolute atomic E-state index is 14.2. The number of likely N-dealkylation sites (tertiary alicyclic amines) is 1. The number of carbonyl (C=O) groups excluding carboxylic acids is 4. The van der Waals surface area contributed by atoms with Gasteiger partial charge in [-0.1, -0.05) is 98.2 Å². The second-order valence-electron chi connectivity index (χ2n) is 15.7. The van der Waals surface area contributed by atoms with Crippen molar-refractivity contribution in [3.05, 3.63) is 107 Å². The Morgan fingerprint density at radius 2 is 1.47 bits per heavy atom. The molecule has 55 heavy (non-hydrogen) atoms. The average molecular weight is 777 g/mol. The standard InChI is InChI=1S/C43H57ClN4O7/c1-29(2)38(40(51)48-22-20-35(21-23-48)47(6)42(53)54-28-31-16-11-8-12-17-31)46-39(50)33(24-32-18-13-19-34(44)25-32)27-37(49)36(26-30-14-9-7-10-15-30)45-41(52)55-43(3,4)5/h7-19,25,29,33,35-38,49H,20-24,26-28H2,1-6H3,(H,45,52)(H,46,50)/t33?,36?,37?,38-/m0/s1. The van der Waals surface area contributed by atoms with Crippen LogP contribution < -0.4 is 10.6 Å². The second-order valence-corrected chi connectivity index (χ2v) is 16.2. The van der Waals surface area contributed by atoms with E-state index in [0.29, 0.717) is 37.4 Å². The first-order valence-corrected chi connectivity index (χ1v) is 19.5. The number of benzene rings is 3. The first-order chi connectivity index (χ1) is 26.1. The molecule has 3 aromatic carbocycles. The van der Waals surface area contributed by atoms with Gasteiger partial charge in [0.25, 0.3) is 0 Å². The molecule has 12 heteroatoms. The molecule has 4 rings (SSSR count). The molecule has 0 saturated carbocycles. The summed E-state index contributed by atoms with van der Waals surface area (Å²) in [5.41, 5.74) is 1.84. The van der Waals surface area contributed by atoms with E-state index in [1.165, 1.54) is 0 Å². The van der Waals surface area contributed by atoms with Crippen molar-refractivity contribution in [1.29, 1.82) is 0 Å². The minimum atomic E-state index is -1.15. The zero-order valence-corrected chi connectivity index (χ0v) is 33.6. The minimum absolute atomic E-state index is 0.0112. The van der Waals surface area contributed by atoms with Gasteiger partial charge in [0.05, 0.1) is 12.1 Å². The van der Waals surface area contributed by atoms with Crippen molar-refractivity contribution in [2.24, 2.45) is 11.8 Å². The van der Waals surface area contributed by atoms with E-state index >= 15 is 0 Å². The lowest BCUT2D eigenvalue weighted by atomic mass is 9.88. The van der Waals surface area contributed by atoms with Gasteiger partial charge in [0.15, 0.2) is 0 Å². The van der Waals surface area contributed by atoms with Gasteiger partial charge in [-0.25, -0.2) is 9.59 Å². The summed E-state index contributed by atoms with van der Waals surface area (Å²) in [6.45, 7) is 10.1. The van der Waals surface area contributed by atoms with E-state index in [0.717, 1.165) is 16.7 Å². The van der Waals surface area contributed by atoms with E-state index in [1.807, 2.05) is 80.6 Å². The summed E-state index contributed by atoms with van der Waals surface area (Å²) in [7, 11) is 1.72. The number of aliphatic hydroxyl groups is 1. The molecule has 0 bridgehead atoms. The summed E-state index contributed by atoms with van der Waals surface area (Å²) in [6, 6.07) is 24.4. The molecule has 0 aromatic heterocycles. The fraction of sp³-hybridized carbons (Fsp3) is 0.488. The Morgan fingerprint density at radius 3 is 2.05 bits per heavy atom. The fourth-order valence-electron chi connectivity index (χ4n) is 6.72. The third kappa shape index (κ3) is 13.9. The van der Waals surface area contributed by atoms with Crippen molar-refractivity contribution in [1.82, 2.24) is 20.4 Å². The molecule has 3 aromatic rings.